The van der Waals surface area contributed by atoms with E-state index in [1.54, 1.807) is 4.90 Å². The largest absolute Gasteiger partial charge is 0.391 e. The zero-order chi connectivity index (χ0) is 21.7. The van der Waals surface area contributed by atoms with Crippen LogP contribution in [0.15, 0.2) is 0 Å². The van der Waals surface area contributed by atoms with Gasteiger partial charge in [0, 0.05) is 18.5 Å². The van der Waals surface area contributed by atoms with Gasteiger partial charge in [0.15, 0.2) is 0 Å². The molecule has 170 valence electrons. The van der Waals surface area contributed by atoms with Gasteiger partial charge in [0.2, 0.25) is 11.8 Å². The lowest BCUT2D eigenvalue weighted by Gasteiger charge is -2.56. The Bertz CT molecular complexity index is 679. The summed E-state index contributed by atoms with van der Waals surface area (Å²) in [6.45, 7) is 0.469. The SMILES string of the molecule is O=C1CN(C2NCC(Cl)CC2F)C(=O)C2(CCC2)N1CC1CCC(C(F)(F)F)CC1. The summed E-state index contributed by atoms with van der Waals surface area (Å²) in [6, 6.07) is 0. The van der Waals surface area contributed by atoms with Crippen molar-refractivity contribution in [3.63, 3.8) is 0 Å². The van der Waals surface area contributed by atoms with Gasteiger partial charge >= 0.3 is 6.18 Å². The van der Waals surface area contributed by atoms with Crippen LogP contribution in [-0.2, 0) is 9.59 Å². The molecule has 2 aliphatic heterocycles. The minimum Gasteiger partial charge on any atom is -0.326 e. The third kappa shape index (κ3) is 3.92. The lowest BCUT2D eigenvalue weighted by Crippen LogP contribution is -2.75. The van der Waals surface area contributed by atoms with Crippen molar-refractivity contribution in [3.8, 4) is 0 Å². The Morgan fingerprint density at radius 1 is 1.13 bits per heavy atom. The topological polar surface area (TPSA) is 52.7 Å². The molecule has 0 radical (unpaired) electrons. The first kappa shape index (κ1) is 22.1. The molecule has 3 unspecified atom stereocenters. The fraction of sp³-hybridized carbons (Fsp3) is 0.900. The van der Waals surface area contributed by atoms with Crippen LogP contribution in [-0.4, -0.2) is 70.7 Å². The minimum absolute atomic E-state index is 0.0388. The highest BCUT2D eigenvalue weighted by Gasteiger charge is 2.58. The van der Waals surface area contributed by atoms with Gasteiger partial charge in [-0.1, -0.05) is 0 Å². The first-order valence-electron chi connectivity index (χ1n) is 10.8. The molecule has 1 spiro atoms. The lowest BCUT2D eigenvalue weighted by molar-refractivity contribution is -0.187. The third-order valence-electron chi connectivity index (χ3n) is 7.42. The smallest absolute Gasteiger partial charge is 0.326 e. The molecule has 0 aromatic heterocycles. The summed E-state index contributed by atoms with van der Waals surface area (Å²) < 4.78 is 53.4. The predicted octanol–water partition coefficient (Wildman–Crippen LogP) is 3.21. The van der Waals surface area contributed by atoms with Crippen molar-refractivity contribution < 1.29 is 27.2 Å². The summed E-state index contributed by atoms with van der Waals surface area (Å²) in [7, 11) is 0. The fourth-order valence-corrected chi connectivity index (χ4v) is 5.75. The summed E-state index contributed by atoms with van der Waals surface area (Å²) in [5.74, 6) is -1.80. The first-order chi connectivity index (χ1) is 14.1. The molecule has 4 rings (SSSR count). The molecule has 30 heavy (non-hydrogen) atoms. The van der Waals surface area contributed by atoms with Crippen LogP contribution in [0.3, 0.4) is 0 Å². The van der Waals surface area contributed by atoms with Crippen molar-refractivity contribution >= 4 is 23.4 Å². The maximum absolute atomic E-state index is 14.6. The van der Waals surface area contributed by atoms with Crippen LogP contribution in [0.5, 0.6) is 0 Å². The second-order valence-electron chi connectivity index (χ2n) is 9.28. The van der Waals surface area contributed by atoms with Gasteiger partial charge in [-0.3, -0.25) is 14.9 Å². The number of piperazine rings is 1. The summed E-state index contributed by atoms with van der Waals surface area (Å²) in [6.07, 6.45) is -3.49. The lowest BCUT2D eigenvalue weighted by atomic mass is 9.71. The van der Waals surface area contributed by atoms with E-state index in [4.69, 9.17) is 11.6 Å². The summed E-state index contributed by atoms with van der Waals surface area (Å²) >= 11 is 5.99. The maximum Gasteiger partial charge on any atom is 0.391 e. The van der Waals surface area contributed by atoms with Gasteiger partial charge < -0.3 is 9.80 Å². The maximum atomic E-state index is 14.6. The van der Waals surface area contributed by atoms with Crippen LogP contribution < -0.4 is 5.32 Å². The molecule has 4 aliphatic rings. The van der Waals surface area contributed by atoms with Gasteiger partial charge in [-0.05, 0) is 57.3 Å². The van der Waals surface area contributed by atoms with Crippen molar-refractivity contribution in [2.45, 2.75) is 80.8 Å². The molecule has 10 heteroatoms. The number of nitrogens with one attached hydrogen (secondary N) is 1. The number of nitrogens with zero attached hydrogens (tertiary/aromatic N) is 2. The highest BCUT2D eigenvalue weighted by Crippen LogP contribution is 2.45. The minimum atomic E-state index is -4.17. The van der Waals surface area contributed by atoms with Gasteiger partial charge in [-0.25, -0.2) is 4.39 Å². The average Bonchev–Trinajstić information content (AvgIpc) is 2.63. The van der Waals surface area contributed by atoms with Crippen molar-refractivity contribution in [2.24, 2.45) is 11.8 Å². The van der Waals surface area contributed by atoms with Gasteiger partial charge in [0.1, 0.15) is 24.4 Å². The Labute approximate surface area is 178 Å². The van der Waals surface area contributed by atoms with Gasteiger partial charge in [-0.2, -0.15) is 13.2 Å². The zero-order valence-corrected chi connectivity index (χ0v) is 17.5. The second kappa shape index (κ2) is 8.11. The van der Waals surface area contributed by atoms with E-state index in [1.165, 1.54) is 4.90 Å². The highest BCUT2D eigenvalue weighted by molar-refractivity contribution is 6.20. The first-order valence-corrected chi connectivity index (χ1v) is 11.3. The number of halogens is 5. The Hall–Kier alpha value is -1.09. The second-order valence-corrected chi connectivity index (χ2v) is 9.90. The van der Waals surface area contributed by atoms with Crippen molar-refractivity contribution in [3.05, 3.63) is 0 Å². The summed E-state index contributed by atoms with van der Waals surface area (Å²) in [5, 5.41) is 2.61. The predicted molar refractivity (Wildman–Crippen MR) is 102 cm³/mol. The van der Waals surface area contributed by atoms with Crippen LogP contribution in [0.2, 0.25) is 0 Å². The third-order valence-corrected chi connectivity index (χ3v) is 7.75. The number of carbonyl (C=O) groups is 2. The highest BCUT2D eigenvalue weighted by atomic mass is 35.5. The van der Waals surface area contributed by atoms with E-state index in [0.717, 1.165) is 6.42 Å². The summed E-state index contributed by atoms with van der Waals surface area (Å²) in [4.78, 5) is 29.4. The van der Waals surface area contributed by atoms with E-state index in [9.17, 15) is 27.2 Å². The molecule has 2 saturated heterocycles. The van der Waals surface area contributed by atoms with Crippen molar-refractivity contribution in [1.82, 2.24) is 15.1 Å². The Morgan fingerprint density at radius 3 is 2.33 bits per heavy atom. The van der Waals surface area contributed by atoms with Gasteiger partial charge in [0.25, 0.3) is 0 Å². The monoisotopic (exact) mass is 453 g/mol. The van der Waals surface area contributed by atoms with Crippen molar-refractivity contribution in [1.29, 1.82) is 0 Å². The van der Waals surface area contributed by atoms with Crippen LogP contribution in [0, 0.1) is 11.8 Å². The Morgan fingerprint density at radius 2 is 1.80 bits per heavy atom. The fourth-order valence-electron chi connectivity index (χ4n) is 5.49. The summed E-state index contributed by atoms with van der Waals surface area (Å²) in [5.41, 5.74) is -0.963. The van der Waals surface area contributed by atoms with Crippen LogP contribution in [0.25, 0.3) is 0 Å². The molecule has 2 saturated carbocycles. The molecule has 0 aromatic carbocycles. The van der Waals surface area contributed by atoms with Gasteiger partial charge in [0.05, 0.1) is 5.92 Å². The normalized spacial score (nSPS) is 37.4. The molecule has 3 atom stereocenters. The molecular formula is C20H28ClF4N3O2. The molecule has 1 N–H and O–H groups in total. The number of hydrogen-bond donors (Lipinski definition) is 1. The molecule has 0 bridgehead atoms. The van der Waals surface area contributed by atoms with E-state index < -0.39 is 30.0 Å². The number of carbonyl (C=O) groups excluding carboxylic acids is 2. The average molecular weight is 454 g/mol. The molecule has 2 amide bonds. The van der Waals surface area contributed by atoms with E-state index in [1.807, 2.05) is 0 Å². The van der Waals surface area contributed by atoms with E-state index in [0.29, 0.717) is 38.8 Å². The van der Waals surface area contributed by atoms with E-state index >= 15 is 0 Å². The van der Waals surface area contributed by atoms with E-state index in [2.05, 4.69) is 5.32 Å². The van der Waals surface area contributed by atoms with Crippen LogP contribution in [0.4, 0.5) is 17.6 Å². The number of amides is 2. The van der Waals surface area contributed by atoms with Crippen LogP contribution in [0.1, 0.15) is 51.4 Å². The zero-order valence-electron chi connectivity index (χ0n) is 16.8. The number of hydrogen-bond acceptors (Lipinski definition) is 3. The number of rotatable bonds is 3. The quantitative estimate of drug-likeness (QED) is 0.527. The van der Waals surface area contributed by atoms with Crippen molar-refractivity contribution in [2.75, 3.05) is 19.6 Å². The Balaban J connectivity index is 1.45. The molecule has 2 heterocycles. The van der Waals surface area contributed by atoms with Crippen LogP contribution >= 0.6 is 11.6 Å². The molecule has 5 nitrogen and oxygen atoms in total. The van der Waals surface area contributed by atoms with Gasteiger partial charge in [-0.15, -0.1) is 11.6 Å². The number of piperidine rings is 1. The molecule has 4 fully saturated rings. The molecule has 2 aliphatic carbocycles. The molecule has 0 aromatic rings. The standard InChI is InChI=1S/C20H28ClF4N3O2/c21-14-8-15(22)17(26-9-14)27-11-16(29)28(19(18(27)30)6-1-7-19)10-12-2-4-13(5-3-12)20(23,24)25/h12-15,17,26H,1-11H2. The number of alkyl halides is 5. The van der Waals surface area contributed by atoms with E-state index in [-0.39, 0.29) is 48.9 Å². The molecular weight excluding hydrogens is 426 g/mol. The Kier molecular flexibility index (Phi) is 5.98.